The van der Waals surface area contributed by atoms with Gasteiger partial charge in [-0.2, -0.15) is 0 Å². The van der Waals surface area contributed by atoms with Crippen molar-refractivity contribution >= 4 is 11.9 Å². The fourth-order valence-corrected chi connectivity index (χ4v) is 0.711. The van der Waals surface area contributed by atoms with E-state index in [1.54, 1.807) is 20.8 Å². The third-order valence-corrected chi connectivity index (χ3v) is 1.91. The number of ether oxygens (including phenoxy) is 3. The minimum absolute atomic E-state index is 0. The summed E-state index contributed by atoms with van der Waals surface area (Å²) in [5.41, 5.74) is 1.25. The van der Waals surface area contributed by atoms with Crippen molar-refractivity contribution < 1.29 is 45.5 Å². The summed E-state index contributed by atoms with van der Waals surface area (Å²) < 4.78 is 14.2. The maximum atomic E-state index is 11.3. The van der Waals surface area contributed by atoms with E-state index in [2.05, 4.69) is 4.74 Å². The van der Waals surface area contributed by atoms with Crippen molar-refractivity contribution in [2.45, 2.75) is 20.8 Å². The SMILES string of the molecule is COCCOCC(=O)OC(=O)C(C)=C(C)C.[Ti]. The molecule has 0 aromatic rings. The Balaban J connectivity index is 0. The van der Waals surface area contributed by atoms with Crippen LogP contribution in [0.1, 0.15) is 20.8 Å². The van der Waals surface area contributed by atoms with Crippen LogP contribution >= 0.6 is 0 Å². The summed E-state index contributed by atoms with van der Waals surface area (Å²) in [6, 6.07) is 0. The first-order chi connectivity index (χ1) is 7.49. The van der Waals surface area contributed by atoms with E-state index < -0.39 is 11.9 Å². The van der Waals surface area contributed by atoms with Crippen LogP contribution in [0, 0.1) is 0 Å². The summed E-state index contributed by atoms with van der Waals surface area (Å²) in [5.74, 6) is -1.32. The molecule has 0 aliphatic heterocycles. The van der Waals surface area contributed by atoms with Gasteiger partial charge in [-0.05, 0) is 20.8 Å². The summed E-state index contributed by atoms with van der Waals surface area (Å²) in [4.78, 5) is 22.4. The van der Waals surface area contributed by atoms with Crippen LogP contribution in [0.3, 0.4) is 0 Å². The van der Waals surface area contributed by atoms with Gasteiger partial charge in [0.1, 0.15) is 6.61 Å². The third-order valence-electron chi connectivity index (χ3n) is 1.91. The maximum Gasteiger partial charge on any atom is 0.341 e. The minimum atomic E-state index is -0.693. The molecule has 5 nitrogen and oxygen atoms in total. The van der Waals surface area contributed by atoms with Gasteiger partial charge in [-0.25, -0.2) is 9.59 Å². The van der Waals surface area contributed by atoms with Crippen molar-refractivity contribution in [1.82, 2.24) is 0 Å². The van der Waals surface area contributed by atoms with Gasteiger partial charge in [0.2, 0.25) is 0 Å². The molecule has 17 heavy (non-hydrogen) atoms. The molecule has 0 aromatic carbocycles. The quantitative estimate of drug-likeness (QED) is 0.239. The summed E-state index contributed by atoms with van der Waals surface area (Å²) in [5, 5.41) is 0. The monoisotopic (exact) mass is 278 g/mol. The Bertz CT molecular complexity index is 282. The van der Waals surface area contributed by atoms with Crippen molar-refractivity contribution in [2.75, 3.05) is 26.9 Å². The van der Waals surface area contributed by atoms with Gasteiger partial charge in [-0.3, -0.25) is 0 Å². The largest absolute Gasteiger partial charge is 0.388 e. The van der Waals surface area contributed by atoms with Gasteiger partial charge in [0.25, 0.3) is 0 Å². The number of allylic oxidation sites excluding steroid dienone is 1. The topological polar surface area (TPSA) is 61.8 Å². The van der Waals surface area contributed by atoms with Crippen molar-refractivity contribution in [3.05, 3.63) is 11.1 Å². The van der Waals surface area contributed by atoms with Crippen LogP contribution in [0.4, 0.5) is 0 Å². The van der Waals surface area contributed by atoms with Crippen LogP contribution in [-0.2, 0) is 45.5 Å². The molecule has 0 unspecified atom stereocenters. The number of carbonyl (C=O) groups is 2. The van der Waals surface area contributed by atoms with Crippen LogP contribution in [0.15, 0.2) is 11.1 Å². The standard InChI is InChI=1S/C11H18O5.Ti/c1-8(2)9(3)11(13)16-10(12)7-15-6-5-14-4;/h5-7H2,1-4H3;. The van der Waals surface area contributed by atoms with Gasteiger partial charge in [-0.15, -0.1) is 0 Å². The van der Waals surface area contributed by atoms with E-state index in [4.69, 9.17) is 9.47 Å². The van der Waals surface area contributed by atoms with E-state index in [1.165, 1.54) is 7.11 Å². The molecular formula is C11H18O5Ti. The number of hydrogen-bond donors (Lipinski definition) is 0. The molecule has 0 rings (SSSR count). The molecular weight excluding hydrogens is 260 g/mol. The Morgan fingerprint density at radius 3 is 2.12 bits per heavy atom. The first-order valence-electron chi connectivity index (χ1n) is 4.94. The van der Waals surface area contributed by atoms with Gasteiger partial charge in [0.05, 0.1) is 13.2 Å². The summed E-state index contributed by atoms with van der Waals surface area (Å²) in [6.07, 6.45) is 0. The number of carbonyl (C=O) groups excluding carboxylic acids is 2. The van der Waals surface area contributed by atoms with Crippen LogP contribution in [0.5, 0.6) is 0 Å². The molecule has 0 saturated heterocycles. The molecule has 0 fully saturated rings. The van der Waals surface area contributed by atoms with Crippen LogP contribution in [0.25, 0.3) is 0 Å². The zero-order valence-corrected chi connectivity index (χ0v) is 12.2. The summed E-state index contributed by atoms with van der Waals surface area (Å²) >= 11 is 0. The molecule has 0 heterocycles. The number of hydrogen-bond acceptors (Lipinski definition) is 5. The molecule has 0 bridgehead atoms. The third kappa shape index (κ3) is 9.24. The molecule has 0 aliphatic carbocycles. The average molecular weight is 278 g/mol. The Morgan fingerprint density at radius 2 is 1.65 bits per heavy atom. The van der Waals surface area contributed by atoms with Crippen LogP contribution in [-0.4, -0.2) is 38.9 Å². The van der Waals surface area contributed by atoms with E-state index in [1.807, 2.05) is 0 Å². The Labute approximate surface area is 116 Å². The second-order valence-corrected chi connectivity index (χ2v) is 3.43. The molecule has 0 amide bonds. The van der Waals surface area contributed by atoms with Gasteiger partial charge in [0.15, 0.2) is 0 Å². The van der Waals surface area contributed by atoms with E-state index in [0.717, 1.165) is 5.57 Å². The Hall–Kier alpha value is -0.486. The number of methoxy groups -OCH3 is 1. The number of esters is 2. The molecule has 0 aromatic heterocycles. The molecule has 96 valence electrons. The smallest absolute Gasteiger partial charge is 0.341 e. The molecule has 0 saturated carbocycles. The zero-order chi connectivity index (χ0) is 12.6. The van der Waals surface area contributed by atoms with E-state index in [9.17, 15) is 9.59 Å². The van der Waals surface area contributed by atoms with E-state index in [0.29, 0.717) is 18.8 Å². The van der Waals surface area contributed by atoms with Gasteiger partial charge < -0.3 is 14.2 Å². The molecule has 0 N–H and O–H groups in total. The zero-order valence-electron chi connectivity index (χ0n) is 10.7. The summed E-state index contributed by atoms with van der Waals surface area (Å²) in [6.45, 7) is 5.60. The minimum Gasteiger partial charge on any atom is -0.388 e. The van der Waals surface area contributed by atoms with Gasteiger partial charge in [0, 0.05) is 34.4 Å². The molecule has 0 atom stereocenters. The average Bonchev–Trinajstić information content (AvgIpc) is 2.23. The van der Waals surface area contributed by atoms with Gasteiger partial charge in [-0.1, -0.05) is 5.57 Å². The molecule has 0 radical (unpaired) electrons. The Morgan fingerprint density at radius 1 is 1.06 bits per heavy atom. The first-order valence-corrected chi connectivity index (χ1v) is 4.94. The predicted octanol–water partition coefficient (Wildman–Crippen LogP) is 1.07. The first kappa shape index (κ1) is 18.9. The van der Waals surface area contributed by atoms with Crippen LogP contribution in [0.2, 0.25) is 0 Å². The fraction of sp³-hybridized carbons (Fsp3) is 0.636. The Kier molecular flexibility index (Phi) is 11.8. The molecule has 6 heteroatoms. The van der Waals surface area contributed by atoms with Crippen molar-refractivity contribution in [3.63, 3.8) is 0 Å². The van der Waals surface area contributed by atoms with Crippen molar-refractivity contribution in [2.24, 2.45) is 0 Å². The fourth-order valence-electron chi connectivity index (χ4n) is 0.711. The second kappa shape index (κ2) is 10.7. The summed E-state index contributed by atoms with van der Waals surface area (Å²) in [7, 11) is 1.53. The van der Waals surface area contributed by atoms with Crippen molar-refractivity contribution in [3.8, 4) is 0 Å². The van der Waals surface area contributed by atoms with E-state index in [-0.39, 0.29) is 28.3 Å². The number of rotatable bonds is 6. The molecule has 0 aliphatic rings. The molecule has 0 spiro atoms. The predicted molar refractivity (Wildman–Crippen MR) is 57.8 cm³/mol. The maximum absolute atomic E-state index is 11.3. The van der Waals surface area contributed by atoms with Crippen molar-refractivity contribution in [1.29, 1.82) is 0 Å². The normalized spacial score (nSPS) is 9.18. The second-order valence-electron chi connectivity index (χ2n) is 3.43. The van der Waals surface area contributed by atoms with E-state index >= 15 is 0 Å². The van der Waals surface area contributed by atoms with Crippen LogP contribution < -0.4 is 0 Å². The van der Waals surface area contributed by atoms with Gasteiger partial charge >= 0.3 is 11.9 Å².